The van der Waals surface area contributed by atoms with Gasteiger partial charge in [-0.2, -0.15) is 11.3 Å². The molecule has 0 aromatic carbocycles. The highest BCUT2D eigenvalue weighted by molar-refractivity contribution is 7.14. The summed E-state index contributed by atoms with van der Waals surface area (Å²) in [5, 5.41) is 13.6. The van der Waals surface area contributed by atoms with Crippen molar-refractivity contribution in [1.29, 1.82) is 0 Å². The van der Waals surface area contributed by atoms with Gasteiger partial charge in [0.15, 0.2) is 5.13 Å². The molecule has 0 spiro atoms. The van der Waals surface area contributed by atoms with Gasteiger partial charge in [0.25, 0.3) is 5.91 Å². The van der Waals surface area contributed by atoms with Gasteiger partial charge in [-0.15, -0.1) is 22.7 Å². The Bertz CT molecular complexity index is 795. The van der Waals surface area contributed by atoms with Crippen LogP contribution in [0.3, 0.4) is 0 Å². The number of nitrogens with one attached hydrogen (secondary N) is 2. The average molecular weight is 378 g/mol. The highest BCUT2D eigenvalue weighted by Crippen LogP contribution is 2.17. The van der Waals surface area contributed by atoms with E-state index in [-0.39, 0.29) is 18.2 Å². The quantitative estimate of drug-likeness (QED) is 0.663. The molecule has 0 saturated heterocycles. The first-order valence-electron chi connectivity index (χ1n) is 7.28. The fraction of sp³-hybridized carbons (Fsp3) is 0.188. The molecular weight excluding hydrogens is 362 g/mol. The highest BCUT2D eigenvalue weighted by atomic mass is 32.1. The van der Waals surface area contributed by atoms with Gasteiger partial charge in [-0.25, -0.2) is 4.98 Å². The third kappa shape index (κ3) is 4.73. The SMILES string of the molecule is O=C(Cc1csc(NC(=O)c2ccsc2)n1)NCCc1cccs1. The maximum absolute atomic E-state index is 11.9. The van der Waals surface area contributed by atoms with E-state index in [0.717, 1.165) is 6.42 Å². The standard InChI is InChI=1S/C16H15N3O2S3/c20-14(17-5-3-13-2-1-6-23-13)8-12-10-24-16(18-12)19-15(21)11-4-7-22-9-11/h1-2,4,6-7,9-10H,3,5,8H2,(H,17,20)(H,18,19,21). The molecule has 3 aromatic heterocycles. The lowest BCUT2D eigenvalue weighted by Crippen LogP contribution is -2.27. The molecule has 2 N–H and O–H groups in total. The molecule has 0 aliphatic rings. The molecule has 3 aromatic rings. The molecule has 0 fully saturated rings. The monoisotopic (exact) mass is 377 g/mol. The second kappa shape index (κ2) is 8.18. The van der Waals surface area contributed by atoms with Crippen LogP contribution in [-0.2, 0) is 17.6 Å². The van der Waals surface area contributed by atoms with E-state index in [1.54, 1.807) is 28.2 Å². The Hall–Kier alpha value is -2.03. The Morgan fingerprint density at radius 1 is 1.12 bits per heavy atom. The van der Waals surface area contributed by atoms with Crippen molar-refractivity contribution in [2.45, 2.75) is 12.8 Å². The molecule has 3 heterocycles. The third-order valence-electron chi connectivity index (χ3n) is 3.17. The van der Waals surface area contributed by atoms with Crippen LogP contribution >= 0.6 is 34.0 Å². The predicted octanol–water partition coefficient (Wildman–Crippen LogP) is 3.42. The first-order valence-corrected chi connectivity index (χ1v) is 9.98. The molecule has 0 atom stereocenters. The summed E-state index contributed by atoms with van der Waals surface area (Å²) in [5.74, 6) is -0.245. The number of thiazole rings is 1. The second-order valence-corrected chi connectivity index (χ2v) is 7.64. The van der Waals surface area contributed by atoms with Crippen LogP contribution in [0.5, 0.6) is 0 Å². The van der Waals surface area contributed by atoms with Crippen LogP contribution in [-0.4, -0.2) is 23.3 Å². The van der Waals surface area contributed by atoms with Crippen molar-refractivity contribution < 1.29 is 9.59 Å². The van der Waals surface area contributed by atoms with Crippen molar-refractivity contribution in [2.75, 3.05) is 11.9 Å². The summed E-state index contributed by atoms with van der Waals surface area (Å²) in [4.78, 5) is 29.4. The molecule has 5 nitrogen and oxygen atoms in total. The van der Waals surface area contributed by atoms with Gasteiger partial charge < -0.3 is 5.32 Å². The van der Waals surface area contributed by atoms with Crippen molar-refractivity contribution in [3.8, 4) is 0 Å². The zero-order chi connectivity index (χ0) is 16.8. The number of amides is 2. The predicted molar refractivity (Wildman–Crippen MR) is 99.1 cm³/mol. The number of nitrogens with zero attached hydrogens (tertiary/aromatic N) is 1. The van der Waals surface area contributed by atoms with Gasteiger partial charge in [-0.3, -0.25) is 14.9 Å². The molecule has 0 aliphatic heterocycles. The van der Waals surface area contributed by atoms with Gasteiger partial charge in [0.2, 0.25) is 5.91 Å². The van der Waals surface area contributed by atoms with Gasteiger partial charge in [0.1, 0.15) is 0 Å². The van der Waals surface area contributed by atoms with Crippen LogP contribution in [0.1, 0.15) is 20.9 Å². The Balaban J connectivity index is 1.45. The highest BCUT2D eigenvalue weighted by Gasteiger charge is 2.11. The number of hydrogen-bond acceptors (Lipinski definition) is 6. The van der Waals surface area contributed by atoms with Gasteiger partial charge in [-0.1, -0.05) is 6.07 Å². The minimum atomic E-state index is -0.183. The van der Waals surface area contributed by atoms with Gasteiger partial charge in [-0.05, 0) is 29.3 Å². The lowest BCUT2D eigenvalue weighted by Gasteiger charge is -2.02. The zero-order valence-corrected chi connectivity index (χ0v) is 15.1. The summed E-state index contributed by atoms with van der Waals surface area (Å²) in [5.41, 5.74) is 1.28. The zero-order valence-electron chi connectivity index (χ0n) is 12.7. The summed E-state index contributed by atoms with van der Waals surface area (Å²) in [6, 6.07) is 5.82. The molecule has 8 heteroatoms. The molecule has 0 bridgehead atoms. The van der Waals surface area contributed by atoms with Crippen molar-refractivity contribution in [1.82, 2.24) is 10.3 Å². The maximum atomic E-state index is 11.9. The van der Waals surface area contributed by atoms with Crippen molar-refractivity contribution >= 4 is 51.0 Å². The number of hydrogen-bond donors (Lipinski definition) is 2. The average Bonchev–Trinajstić information content (AvgIpc) is 3.30. The number of aromatic nitrogens is 1. The molecule has 124 valence electrons. The molecular formula is C16H15N3O2S3. The lowest BCUT2D eigenvalue weighted by molar-refractivity contribution is -0.120. The van der Waals surface area contributed by atoms with Gasteiger partial charge in [0.05, 0.1) is 17.7 Å². The van der Waals surface area contributed by atoms with Crippen molar-refractivity contribution in [3.05, 3.63) is 55.9 Å². The van der Waals surface area contributed by atoms with Crippen molar-refractivity contribution in [3.63, 3.8) is 0 Å². The van der Waals surface area contributed by atoms with Crippen LogP contribution in [0.25, 0.3) is 0 Å². The first-order chi connectivity index (χ1) is 11.7. The summed E-state index contributed by atoms with van der Waals surface area (Å²) in [6.45, 7) is 0.616. The molecule has 0 unspecified atom stereocenters. The van der Waals surface area contributed by atoms with Crippen LogP contribution in [0, 0.1) is 0 Å². The Kier molecular flexibility index (Phi) is 5.73. The number of anilines is 1. The number of rotatable bonds is 7. The van der Waals surface area contributed by atoms with E-state index in [0.29, 0.717) is 22.9 Å². The van der Waals surface area contributed by atoms with E-state index in [4.69, 9.17) is 0 Å². The molecule has 0 aliphatic carbocycles. The number of carbonyl (C=O) groups excluding carboxylic acids is 2. The number of carbonyl (C=O) groups is 2. The second-order valence-electron chi connectivity index (χ2n) is 4.97. The van der Waals surface area contributed by atoms with E-state index in [1.807, 2.05) is 16.8 Å². The van der Waals surface area contributed by atoms with E-state index >= 15 is 0 Å². The molecule has 0 radical (unpaired) electrons. The van der Waals surface area contributed by atoms with E-state index in [2.05, 4.69) is 21.7 Å². The summed E-state index contributed by atoms with van der Waals surface area (Å²) in [7, 11) is 0. The minimum absolute atomic E-state index is 0.0624. The normalized spacial score (nSPS) is 10.5. The van der Waals surface area contributed by atoms with Crippen LogP contribution < -0.4 is 10.6 Å². The minimum Gasteiger partial charge on any atom is -0.355 e. The maximum Gasteiger partial charge on any atom is 0.258 e. The van der Waals surface area contributed by atoms with Crippen LogP contribution in [0.2, 0.25) is 0 Å². The summed E-state index contributed by atoms with van der Waals surface area (Å²) >= 11 is 4.47. The van der Waals surface area contributed by atoms with Gasteiger partial charge >= 0.3 is 0 Å². The first kappa shape index (κ1) is 16.8. The molecule has 24 heavy (non-hydrogen) atoms. The van der Waals surface area contributed by atoms with Crippen LogP contribution in [0.15, 0.2) is 39.7 Å². The fourth-order valence-corrected chi connectivity index (χ4v) is 4.07. The summed E-state index contributed by atoms with van der Waals surface area (Å²) in [6.07, 6.45) is 1.05. The molecule has 0 saturated carbocycles. The van der Waals surface area contributed by atoms with Gasteiger partial charge in [0, 0.05) is 22.2 Å². The summed E-state index contributed by atoms with van der Waals surface area (Å²) < 4.78 is 0. The van der Waals surface area contributed by atoms with E-state index < -0.39 is 0 Å². The lowest BCUT2D eigenvalue weighted by atomic mass is 10.3. The smallest absolute Gasteiger partial charge is 0.258 e. The Morgan fingerprint density at radius 3 is 2.79 bits per heavy atom. The Labute approximate surface area is 151 Å². The van der Waals surface area contributed by atoms with E-state index in [9.17, 15) is 9.59 Å². The van der Waals surface area contributed by atoms with Crippen molar-refractivity contribution in [2.24, 2.45) is 0 Å². The fourth-order valence-electron chi connectivity index (χ4n) is 2.02. The molecule has 2 amide bonds. The Morgan fingerprint density at radius 2 is 2.04 bits per heavy atom. The topological polar surface area (TPSA) is 71.1 Å². The largest absolute Gasteiger partial charge is 0.355 e. The third-order valence-corrected chi connectivity index (χ3v) is 5.60. The molecule has 3 rings (SSSR count). The van der Waals surface area contributed by atoms with Crippen LogP contribution in [0.4, 0.5) is 5.13 Å². The van der Waals surface area contributed by atoms with E-state index in [1.165, 1.54) is 27.6 Å². The number of thiophene rings is 2.